The van der Waals surface area contributed by atoms with Crippen LogP contribution in [0.5, 0.6) is 0 Å². The van der Waals surface area contributed by atoms with Crippen LogP contribution in [0, 0.1) is 3.57 Å². The highest BCUT2D eigenvalue weighted by Crippen LogP contribution is 2.19. The molecule has 1 rings (SSSR count). The van der Waals surface area contributed by atoms with Gasteiger partial charge in [0.1, 0.15) is 0 Å². The minimum absolute atomic E-state index is 0.500. The third-order valence-corrected chi connectivity index (χ3v) is 3.73. The fourth-order valence-corrected chi connectivity index (χ4v) is 2.52. The van der Waals surface area contributed by atoms with Crippen molar-refractivity contribution in [2.24, 2.45) is 0 Å². The van der Waals surface area contributed by atoms with Crippen LogP contribution in [0.4, 0.5) is 0 Å². The van der Waals surface area contributed by atoms with Crippen LogP contribution in [-0.2, 0) is 6.54 Å². The molecule has 1 atom stereocenters. The number of rotatable bonds is 5. The van der Waals surface area contributed by atoms with E-state index in [1.165, 1.54) is 13.6 Å². The van der Waals surface area contributed by atoms with E-state index in [4.69, 9.17) is 0 Å². The molecular weight excluding hydrogens is 379 g/mol. The summed E-state index contributed by atoms with van der Waals surface area (Å²) < 4.78 is 2.45. The van der Waals surface area contributed by atoms with Crippen LogP contribution in [-0.4, -0.2) is 31.6 Å². The van der Waals surface area contributed by atoms with E-state index in [9.17, 15) is 0 Å². The Kier molecular flexibility index (Phi) is 6.25. The number of halogens is 2. The lowest BCUT2D eigenvalue weighted by Crippen LogP contribution is -2.35. The Morgan fingerprint density at radius 1 is 1.44 bits per heavy atom. The van der Waals surface area contributed by atoms with Gasteiger partial charge < -0.3 is 10.2 Å². The molecule has 1 aromatic rings. The predicted molar refractivity (Wildman–Crippen MR) is 81.7 cm³/mol. The van der Waals surface area contributed by atoms with Crippen molar-refractivity contribution in [1.82, 2.24) is 10.2 Å². The molecule has 90 valence electrons. The Bertz CT molecular complexity index is 342. The Morgan fingerprint density at radius 3 is 2.75 bits per heavy atom. The molecule has 0 saturated heterocycles. The average molecular weight is 397 g/mol. The van der Waals surface area contributed by atoms with Crippen molar-refractivity contribution in [1.29, 1.82) is 0 Å². The van der Waals surface area contributed by atoms with Crippen molar-refractivity contribution in [3.8, 4) is 0 Å². The van der Waals surface area contributed by atoms with Crippen LogP contribution in [0.1, 0.15) is 12.5 Å². The molecule has 4 heteroatoms. The molecule has 0 aliphatic rings. The van der Waals surface area contributed by atoms with Gasteiger partial charge in [0.15, 0.2) is 0 Å². The largest absolute Gasteiger partial charge is 0.309 e. The maximum Gasteiger partial charge on any atom is 0.0220 e. The van der Waals surface area contributed by atoms with Gasteiger partial charge in [0, 0.05) is 27.2 Å². The van der Waals surface area contributed by atoms with E-state index in [-0.39, 0.29) is 0 Å². The van der Waals surface area contributed by atoms with Crippen LogP contribution < -0.4 is 5.32 Å². The summed E-state index contributed by atoms with van der Waals surface area (Å²) in [6.45, 7) is 4.18. The lowest BCUT2D eigenvalue weighted by atomic mass is 10.2. The molecule has 0 aromatic heterocycles. The monoisotopic (exact) mass is 396 g/mol. The maximum absolute atomic E-state index is 3.58. The molecule has 2 nitrogen and oxygen atoms in total. The molecule has 0 amide bonds. The molecule has 1 N–H and O–H groups in total. The van der Waals surface area contributed by atoms with Gasteiger partial charge >= 0.3 is 0 Å². The lowest BCUT2D eigenvalue weighted by Gasteiger charge is -2.18. The van der Waals surface area contributed by atoms with Crippen LogP contribution in [0.15, 0.2) is 22.7 Å². The molecule has 0 heterocycles. The number of hydrogen-bond donors (Lipinski definition) is 1. The van der Waals surface area contributed by atoms with Crippen molar-refractivity contribution in [2.75, 3.05) is 20.6 Å². The smallest absolute Gasteiger partial charge is 0.0220 e. The van der Waals surface area contributed by atoms with Crippen molar-refractivity contribution in [3.63, 3.8) is 0 Å². The second-order valence-electron chi connectivity index (χ2n) is 4.28. The van der Waals surface area contributed by atoms with E-state index < -0.39 is 0 Å². The Morgan fingerprint density at radius 2 is 2.12 bits per heavy atom. The minimum atomic E-state index is 0.500. The summed E-state index contributed by atoms with van der Waals surface area (Å²) in [5.74, 6) is 0. The number of nitrogens with one attached hydrogen (secondary N) is 1. The molecule has 0 aliphatic heterocycles. The van der Waals surface area contributed by atoms with Crippen molar-refractivity contribution in [3.05, 3.63) is 31.8 Å². The number of likely N-dealkylation sites (N-methyl/N-ethyl adjacent to an activating group) is 1. The van der Waals surface area contributed by atoms with Crippen LogP contribution >= 0.6 is 38.5 Å². The van der Waals surface area contributed by atoms with E-state index in [0.29, 0.717) is 6.04 Å². The van der Waals surface area contributed by atoms with Crippen LogP contribution in [0.25, 0.3) is 0 Å². The number of hydrogen-bond acceptors (Lipinski definition) is 2. The third-order valence-electron chi connectivity index (χ3n) is 2.29. The Balaban J connectivity index is 2.51. The predicted octanol–water partition coefficient (Wildman–Crippen LogP) is 3.09. The molecule has 16 heavy (non-hydrogen) atoms. The van der Waals surface area contributed by atoms with E-state index >= 15 is 0 Å². The summed E-state index contributed by atoms with van der Waals surface area (Å²) in [5, 5.41) is 3.52. The molecule has 0 aliphatic carbocycles. The normalized spacial score (nSPS) is 13.1. The molecule has 1 aromatic carbocycles. The van der Waals surface area contributed by atoms with E-state index in [1.54, 1.807) is 0 Å². The molecule has 0 radical (unpaired) electrons. The van der Waals surface area contributed by atoms with Crippen LogP contribution in [0.2, 0.25) is 0 Å². The van der Waals surface area contributed by atoms with Crippen molar-refractivity contribution >= 4 is 38.5 Å². The SMILES string of the molecule is CC(CN(C)C)NCc1cc(I)ccc1Br. The molecule has 1 unspecified atom stereocenters. The van der Waals surface area contributed by atoms with Crippen LogP contribution in [0.3, 0.4) is 0 Å². The zero-order valence-electron chi connectivity index (χ0n) is 9.93. The molecule has 0 saturated carbocycles. The highest BCUT2D eigenvalue weighted by Gasteiger charge is 2.05. The highest BCUT2D eigenvalue weighted by molar-refractivity contribution is 14.1. The summed E-state index contributed by atoms with van der Waals surface area (Å²) in [5.41, 5.74) is 1.32. The zero-order valence-corrected chi connectivity index (χ0v) is 13.7. The third kappa shape index (κ3) is 5.12. The molecule has 0 bridgehead atoms. The topological polar surface area (TPSA) is 15.3 Å². The van der Waals surface area contributed by atoms with Gasteiger partial charge in [-0.25, -0.2) is 0 Å². The number of nitrogens with zero attached hydrogens (tertiary/aromatic N) is 1. The molecule has 0 fully saturated rings. The zero-order chi connectivity index (χ0) is 12.1. The van der Waals surface area contributed by atoms with E-state index in [0.717, 1.165) is 13.1 Å². The fraction of sp³-hybridized carbons (Fsp3) is 0.500. The quantitative estimate of drug-likeness (QED) is 0.769. The minimum Gasteiger partial charge on any atom is -0.309 e. The van der Waals surface area contributed by atoms with Gasteiger partial charge in [0.2, 0.25) is 0 Å². The molecule has 0 spiro atoms. The van der Waals surface area contributed by atoms with Gasteiger partial charge in [-0.1, -0.05) is 15.9 Å². The van der Waals surface area contributed by atoms with Gasteiger partial charge in [-0.15, -0.1) is 0 Å². The average Bonchev–Trinajstić information content (AvgIpc) is 2.18. The first kappa shape index (κ1) is 14.4. The summed E-state index contributed by atoms with van der Waals surface area (Å²) in [6, 6.07) is 6.92. The van der Waals surface area contributed by atoms with E-state index in [2.05, 4.69) is 88.0 Å². The first-order valence-corrected chi connectivity index (χ1v) is 7.18. The lowest BCUT2D eigenvalue weighted by molar-refractivity contribution is 0.349. The highest BCUT2D eigenvalue weighted by atomic mass is 127. The van der Waals surface area contributed by atoms with Crippen molar-refractivity contribution < 1.29 is 0 Å². The molecular formula is C12H18BrIN2. The summed E-state index contributed by atoms with van der Waals surface area (Å²) >= 11 is 5.92. The Hall–Kier alpha value is 0.350. The summed E-state index contributed by atoms with van der Waals surface area (Å²) in [4.78, 5) is 2.20. The summed E-state index contributed by atoms with van der Waals surface area (Å²) in [6.07, 6.45) is 0. The standard InChI is InChI=1S/C12H18BrIN2/c1-9(8-16(2)3)15-7-10-6-11(14)4-5-12(10)13/h4-6,9,15H,7-8H2,1-3H3. The maximum atomic E-state index is 3.58. The fourth-order valence-electron chi connectivity index (χ4n) is 1.58. The second-order valence-corrected chi connectivity index (χ2v) is 6.38. The Labute approximate surface area is 120 Å². The van der Waals surface area contributed by atoms with Gasteiger partial charge in [-0.3, -0.25) is 0 Å². The van der Waals surface area contributed by atoms with Gasteiger partial charge in [0.25, 0.3) is 0 Å². The van der Waals surface area contributed by atoms with Crippen molar-refractivity contribution in [2.45, 2.75) is 19.5 Å². The van der Waals surface area contributed by atoms with Gasteiger partial charge in [-0.05, 0) is 67.4 Å². The number of benzene rings is 1. The second kappa shape index (κ2) is 6.93. The first-order chi connectivity index (χ1) is 7.49. The van der Waals surface area contributed by atoms with Gasteiger partial charge in [-0.2, -0.15) is 0 Å². The van der Waals surface area contributed by atoms with E-state index in [1.807, 2.05) is 0 Å². The summed E-state index contributed by atoms with van der Waals surface area (Å²) in [7, 11) is 4.19. The first-order valence-electron chi connectivity index (χ1n) is 5.31. The van der Waals surface area contributed by atoms with Gasteiger partial charge in [0.05, 0.1) is 0 Å².